The van der Waals surface area contributed by atoms with E-state index in [0.29, 0.717) is 0 Å². The zero-order chi connectivity index (χ0) is 47.5. The van der Waals surface area contributed by atoms with Gasteiger partial charge >= 0.3 is 6.85 Å². The number of fused-ring (bicyclic) bond motifs is 8. The number of nitrogens with zero attached hydrogens (tertiary/aromatic N) is 2. The zero-order valence-electron chi connectivity index (χ0n) is 41.2. The van der Waals surface area contributed by atoms with Crippen molar-refractivity contribution in [2.24, 2.45) is 0 Å². The van der Waals surface area contributed by atoms with Crippen LogP contribution in [0.3, 0.4) is 0 Å². The first-order valence-electron chi connectivity index (χ1n) is 24.5. The van der Waals surface area contributed by atoms with Gasteiger partial charge in [0.1, 0.15) is 11.2 Å². The molecule has 0 fully saturated rings. The molecule has 0 N–H and O–H groups in total. The molecule has 4 heteroatoms. The van der Waals surface area contributed by atoms with E-state index in [1.165, 1.54) is 89.2 Å². The number of hydrogen-bond donors (Lipinski definition) is 0. The predicted octanol–water partition coefficient (Wildman–Crippen LogP) is 16.8. The van der Waals surface area contributed by atoms with Crippen molar-refractivity contribution in [2.75, 3.05) is 9.71 Å². The largest absolute Gasteiger partial charge is 0.456 e. The minimum Gasteiger partial charge on any atom is -0.456 e. The van der Waals surface area contributed by atoms with Crippen LogP contribution >= 0.6 is 0 Å². The molecule has 3 nitrogen and oxygen atoms in total. The van der Waals surface area contributed by atoms with Gasteiger partial charge in [-0.2, -0.15) is 0 Å². The first kappa shape index (κ1) is 42.8. The smallest absolute Gasteiger partial charge is 0.336 e. The van der Waals surface area contributed by atoms with Gasteiger partial charge in [-0.05, 0) is 153 Å². The number of anilines is 5. The van der Waals surface area contributed by atoms with Crippen LogP contribution in [-0.4, -0.2) is 6.85 Å². The van der Waals surface area contributed by atoms with Crippen LogP contribution in [0.4, 0.5) is 28.4 Å². The lowest BCUT2D eigenvalue weighted by Gasteiger charge is -2.46. The average Bonchev–Trinajstić information content (AvgIpc) is 3.72. The van der Waals surface area contributed by atoms with E-state index in [9.17, 15) is 0 Å². The Morgan fingerprint density at radius 3 is 1.74 bits per heavy atom. The maximum absolute atomic E-state index is 7.24. The highest BCUT2D eigenvalue weighted by atomic mass is 16.3. The summed E-state index contributed by atoms with van der Waals surface area (Å²) < 4.78 is 7.24. The Bertz CT molecular complexity index is 3640. The number of aryl methyl sites for hydroxylation is 3. The summed E-state index contributed by atoms with van der Waals surface area (Å²) in [6.45, 7) is 20.3. The summed E-state index contributed by atoms with van der Waals surface area (Å²) >= 11 is 0. The van der Waals surface area contributed by atoms with Crippen LogP contribution in [0.5, 0.6) is 0 Å². The van der Waals surface area contributed by atoms with Crippen molar-refractivity contribution in [1.82, 2.24) is 0 Å². The Kier molecular flexibility index (Phi) is 9.77. The van der Waals surface area contributed by atoms with Gasteiger partial charge in [0.25, 0.3) is 0 Å². The molecule has 0 bridgehead atoms. The standard InChI is InChI=1S/C65H57BN2O/c1-40-34-41(2)60(42(3)35-40)46-36-54-50-30-24-45(43-18-12-10-13-19-43)37-57(50)68(49-28-25-47(26-29-49)64(4,5)6)66-61(54)58(38-46)67(56-33-31-52-51-22-16-17-23-59(51)69-63(52)62(56)66)55-32-27-48(65(7,8)9)39-53(55)44-20-14-11-15-21-44/h10-39H,1-9H3. The molecule has 0 spiro atoms. The molecule has 0 saturated heterocycles. The quantitative estimate of drug-likeness (QED) is 0.161. The predicted molar refractivity (Wildman–Crippen MR) is 295 cm³/mol. The second-order valence-electron chi connectivity index (χ2n) is 21.6. The average molecular weight is 893 g/mol. The Balaban J connectivity index is 1.26. The lowest BCUT2D eigenvalue weighted by atomic mass is 9.43. The third-order valence-electron chi connectivity index (χ3n) is 14.8. The van der Waals surface area contributed by atoms with E-state index < -0.39 is 0 Å². The normalized spacial score (nSPS) is 13.2. The second-order valence-corrected chi connectivity index (χ2v) is 21.6. The Morgan fingerprint density at radius 1 is 0.420 bits per heavy atom. The molecule has 0 atom stereocenters. The van der Waals surface area contributed by atoms with Crippen LogP contribution in [0.2, 0.25) is 0 Å². The van der Waals surface area contributed by atoms with E-state index in [1.54, 1.807) is 0 Å². The molecule has 2 aliphatic rings. The topological polar surface area (TPSA) is 19.6 Å². The Labute approximate surface area is 407 Å². The maximum atomic E-state index is 7.24. The summed E-state index contributed by atoms with van der Waals surface area (Å²) in [6.07, 6.45) is 0. The highest BCUT2D eigenvalue weighted by Crippen LogP contribution is 2.52. The SMILES string of the molecule is Cc1cc(C)c(-c2cc3c4c(c2)N(c2ccc(C(C)(C)C)cc2-c2ccccc2)c2ccc5c(oc6ccccc65)c2B4N(c2ccc(C(C)(C)C)cc2)c2cc(-c4ccccc4)ccc2-3)c(C)c1. The second kappa shape index (κ2) is 15.8. The highest BCUT2D eigenvalue weighted by molar-refractivity contribution is 6.95. The van der Waals surface area contributed by atoms with Crippen molar-refractivity contribution in [3.8, 4) is 44.5 Å². The first-order valence-corrected chi connectivity index (χ1v) is 24.5. The van der Waals surface area contributed by atoms with Gasteiger partial charge in [-0.3, -0.25) is 0 Å². The molecule has 69 heavy (non-hydrogen) atoms. The van der Waals surface area contributed by atoms with Gasteiger partial charge in [0, 0.05) is 50.1 Å². The monoisotopic (exact) mass is 892 g/mol. The summed E-state index contributed by atoms with van der Waals surface area (Å²) in [5.74, 6) is 0. The molecule has 0 saturated carbocycles. The molecule has 10 aromatic rings. The molecule has 2 aliphatic heterocycles. The van der Waals surface area contributed by atoms with Crippen LogP contribution in [0.1, 0.15) is 69.4 Å². The van der Waals surface area contributed by atoms with Gasteiger partial charge < -0.3 is 14.1 Å². The fourth-order valence-electron chi connectivity index (χ4n) is 11.5. The summed E-state index contributed by atoms with van der Waals surface area (Å²) in [7, 11) is 0. The number of para-hydroxylation sites is 1. The molecule has 0 radical (unpaired) electrons. The van der Waals surface area contributed by atoms with Crippen LogP contribution in [0, 0.1) is 20.8 Å². The summed E-state index contributed by atoms with van der Waals surface area (Å²) in [5.41, 5.74) is 26.0. The van der Waals surface area contributed by atoms with Crippen LogP contribution < -0.4 is 20.6 Å². The third-order valence-corrected chi connectivity index (χ3v) is 14.8. The molecule has 336 valence electrons. The van der Waals surface area contributed by atoms with Gasteiger partial charge in [-0.15, -0.1) is 0 Å². The van der Waals surface area contributed by atoms with Crippen LogP contribution in [0.15, 0.2) is 186 Å². The van der Waals surface area contributed by atoms with Gasteiger partial charge in [0.2, 0.25) is 0 Å². The number of rotatable bonds is 5. The van der Waals surface area contributed by atoms with Crippen molar-refractivity contribution in [1.29, 1.82) is 0 Å². The van der Waals surface area contributed by atoms with Crippen molar-refractivity contribution < 1.29 is 4.42 Å². The Hall–Kier alpha value is -7.56. The van der Waals surface area contributed by atoms with Crippen LogP contribution in [0.25, 0.3) is 66.4 Å². The van der Waals surface area contributed by atoms with Crippen molar-refractivity contribution in [2.45, 2.75) is 73.1 Å². The van der Waals surface area contributed by atoms with Gasteiger partial charge in [-0.1, -0.05) is 168 Å². The lowest BCUT2D eigenvalue weighted by Crippen LogP contribution is -2.61. The summed E-state index contributed by atoms with van der Waals surface area (Å²) in [5, 5.41) is 2.24. The van der Waals surface area contributed by atoms with Crippen molar-refractivity contribution in [3.63, 3.8) is 0 Å². The summed E-state index contributed by atoms with van der Waals surface area (Å²) in [6, 6.07) is 68.3. The van der Waals surface area contributed by atoms with E-state index in [4.69, 9.17) is 4.42 Å². The molecule has 3 heterocycles. The van der Waals surface area contributed by atoms with E-state index in [2.05, 4.69) is 254 Å². The fourth-order valence-corrected chi connectivity index (χ4v) is 11.5. The molecule has 1 aromatic heterocycles. The van der Waals surface area contributed by atoms with Gasteiger partial charge in [-0.25, -0.2) is 0 Å². The summed E-state index contributed by atoms with van der Waals surface area (Å²) in [4.78, 5) is 5.21. The van der Waals surface area contributed by atoms with E-state index in [0.717, 1.165) is 44.5 Å². The minimum atomic E-state index is -0.257. The number of furan rings is 1. The Morgan fingerprint density at radius 2 is 1.04 bits per heavy atom. The fraction of sp³-hybridized carbons (Fsp3) is 0.169. The van der Waals surface area contributed by atoms with Crippen molar-refractivity contribution >= 4 is 68.1 Å². The third kappa shape index (κ3) is 6.94. The molecule has 0 amide bonds. The molecular formula is C65H57BN2O. The number of benzene rings is 9. The molecule has 12 rings (SSSR count). The molecule has 9 aromatic carbocycles. The van der Waals surface area contributed by atoms with Crippen molar-refractivity contribution in [3.05, 3.63) is 210 Å². The minimum absolute atomic E-state index is 0.00139. The first-order chi connectivity index (χ1) is 33.2. The van der Waals surface area contributed by atoms with E-state index in [1.807, 2.05) is 0 Å². The molecule has 0 aliphatic carbocycles. The van der Waals surface area contributed by atoms with Gasteiger partial charge in [0.05, 0.1) is 5.69 Å². The lowest BCUT2D eigenvalue weighted by molar-refractivity contribution is 0.590. The maximum Gasteiger partial charge on any atom is 0.336 e. The van der Waals surface area contributed by atoms with Crippen LogP contribution in [-0.2, 0) is 10.8 Å². The van der Waals surface area contributed by atoms with E-state index >= 15 is 0 Å². The number of hydrogen-bond acceptors (Lipinski definition) is 3. The molecule has 0 unspecified atom stereocenters. The van der Waals surface area contributed by atoms with E-state index in [-0.39, 0.29) is 17.7 Å². The van der Waals surface area contributed by atoms with Gasteiger partial charge in [0.15, 0.2) is 0 Å². The molecular weight excluding hydrogens is 836 g/mol. The highest BCUT2D eigenvalue weighted by Gasteiger charge is 2.47. The zero-order valence-corrected chi connectivity index (χ0v) is 41.2.